The topological polar surface area (TPSA) is 68.0 Å². The fourth-order valence-electron chi connectivity index (χ4n) is 2.20. The van der Waals surface area contributed by atoms with Gasteiger partial charge in [0, 0.05) is 6.54 Å². The molecule has 1 N–H and O–H groups in total. The Morgan fingerprint density at radius 2 is 2.04 bits per heavy atom. The number of amides is 1. The van der Waals surface area contributed by atoms with Crippen molar-refractivity contribution in [1.29, 1.82) is 0 Å². The average molecular weight is 327 g/mol. The summed E-state index contributed by atoms with van der Waals surface area (Å²) in [7, 11) is 0. The van der Waals surface area contributed by atoms with E-state index in [0.29, 0.717) is 18.3 Å². The van der Waals surface area contributed by atoms with Crippen molar-refractivity contribution in [3.8, 4) is 10.8 Å². The Labute approximate surface area is 138 Å². The summed E-state index contributed by atoms with van der Waals surface area (Å²) in [5, 5.41) is 12.8. The van der Waals surface area contributed by atoms with Gasteiger partial charge in [-0.25, -0.2) is 0 Å². The van der Waals surface area contributed by atoms with Crippen LogP contribution in [-0.4, -0.2) is 22.6 Å². The number of rotatable bonds is 6. The van der Waals surface area contributed by atoms with Crippen LogP contribution < -0.4 is 5.32 Å². The predicted molar refractivity (Wildman–Crippen MR) is 89.2 cm³/mol. The molecular formula is C17H17N3O2S. The van der Waals surface area contributed by atoms with Crippen LogP contribution in [0.5, 0.6) is 0 Å². The van der Waals surface area contributed by atoms with Crippen LogP contribution in [0.4, 0.5) is 0 Å². The number of carbonyl (C=O) groups is 1. The maximum Gasteiger partial charge on any atom is 0.258 e. The maximum absolute atomic E-state index is 11.9. The second-order valence-corrected chi connectivity index (χ2v) is 6.11. The predicted octanol–water partition coefficient (Wildman–Crippen LogP) is 3.01. The van der Waals surface area contributed by atoms with Crippen LogP contribution in [0.25, 0.3) is 10.8 Å². The molecule has 0 saturated carbocycles. The van der Waals surface area contributed by atoms with Gasteiger partial charge in [-0.1, -0.05) is 30.3 Å². The van der Waals surface area contributed by atoms with Crippen LogP contribution in [0.1, 0.15) is 17.0 Å². The van der Waals surface area contributed by atoms with Crippen molar-refractivity contribution in [3.63, 3.8) is 0 Å². The van der Waals surface area contributed by atoms with Gasteiger partial charge < -0.3 is 9.73 Å². The van der Waals surface area contributed by atoms with E-state index < -0.39 is 0 Å². The van der Waals surface area contributed by atoms with Gasteiger partial charge in [0.25, 0.3) is 5.89 Å². The number of carbonyl (C=O) groups excluding carboxylic acids is 1. The zero-order chi connectivity index (χ0) is 16.1. The van der Waals surface area contributed by atoms with Crippen LogP contribution in [0, 0.1) is 6.92 Å². The van der Waals surface area contributed by atoms with Gasteiger partial charge >= 0.3 is 0 Å². The van der Waals surface area contributed by atoms with Crippen LogP contribution in [0.3, 0.4) is 0 Å². The molecule has 0 aliphatic carbocycles. The molecule has 0 atom stereocenters. The molecule has 1 aromatic carbocycles. The molecule has 2 aromatic heterocycles. The molecular weight excluding hydrogens is 310 g/mol. The summed E-state index contributed by atoms with van der Waals surface area (Å²) >= 11 is 1.55. The van der Waals surface area contributed by atoms with Gasteiger partial charge in [-0.15, -0.1) is 21.5 Å². The van der Waals surface area contributed by atoms with E-state index in [4.69, 9.17) is 4.42 Å². The van der Waals surface area contributed by atoms with Gasteiger partial charge in [-0.3, -0.25) is 4.79 Å². The standard InChI is InChI=1S/C17H17N3O2S/c1-12-8-10-23-16(12)17-20-19-15(22-17)11-14(21)18-9-7-13-5-3-2-4-6-13/h2-6,8,10H,7,9,11H2,1H3,(H,18,21). The van der Waals surface area contributed by atoms with Gasteiger partial charge in [0.05, 0.1) is 4.88 Å². The van der Waals surface area contributed by atoms with Crippen molar-refractivity contribution in [3.05, 3.63) is 58.8 Å². The van der Waals surface area contributed by atoms with E-state index in [1.54, 1.807) is 11.3 Å². The van der Waals surface area contributed by atoms with E-state index in [-0.39, 0.29) is 12.3 Å². The lowest BCUT2D eigenvalue weighted by atomic mass is 10.1. The smallest absolute Gasteiger partial charge is 0.258 e. The Morgan fingerprint density at radius 3 is 2.78 bits per heavy atom. The summed E-state index contributed by atoms with van der Waals surface area (Å²) in [5.74, 6) is 0.702. The Balaban J connectivity index is 1.50. The lowest BCUT2D eigenvalue weighted by Gasteiger charge is -2.03. The molecule has 0 saturated heterocycles. The Morgan fingerprint density at radius 1 is 1.22 bits per heavy atom. The van der Waals surface area contributed by atoms with Crippen molar-refractivity contribution in [2.75, 3.05) is 6.54 Å². The molecule has 3 aromatic rings. The molecule has 3 rings (SSSR count). The Hall–Kier alpha value is -2.47. The van der Waals surface area contributed by atoms with Crippen molar-refractivity contribution in [2.45, 2.75) is 19.8 Å². The minimum absolute atomic E-state index is 0.103. The quantitative estimate of drug-likeness (QED) is 0.756. The summed E-state index contributed by atoms with van der Waals surface area (Å²) < 4.78 is 5.57. The number of aromatic nitrogens is 2. The molecule has 118 valence electrons. The summed E-state index contributed by atoms with van der Waals surface area (Å²) in [6.07, 6.45) is 0.905. The van der Waals surface area contributed by atoms with Gasteiger partial charge in [-0.05, 0) is 35.9 Å². The minimum Gasteiger partial charge on any atom is -0.419 e. The number of nitrogens with zero attached hydrogens (tertiary/aromatic N) is 2. The van der Waals surface area contributed by atoms with Gasteiger partial charge in [0.1, 0.15) is 6.42 Å². The van der Waals surface area contributed by atoms with E-state index in [1.165, 1.54) is 5.56 Å². The van der Waals surface area contributed by atoms with E-state index in [0.717, 1.165) is 16.9 Å². The van der Waals surface area contributed by atoms with Crippen molar-refractivity contribution in [2.24, 2.45) is 0 Å². The van der Waals surface area contributed by atoms with Crippen LogP contribution in [-0.2, 0) is 17.6 Å². The molecule has 0 bridgehead atoms. The van der Waals surface area contributed by atoms with E-state index in [9.17, 15) is 4.79 Å². The zero-order valence-electron chi connectivity index (χ0n) is 12.8. The molecule has 23 heavy (non-hydrogen) atoms. The number of benzene rings is 1. The molecule has 0 aliphatic heterocycles. The molecule has 0 radical (unpaired) electrons. The first-order valence-corrected chi connectivity index (χ1v) is 8.28. The molecule has 0 fully saturated rings. The van der Waals surface area contributed by atoms with Crippen LogP contribution in [0.2, 0.25) is 0 Å². The third-order valence-electron chi connectivity index (χ3n) is 3.41. The Kier molecular flexibility index (Phi) is 4.83. The third-order valence-corrected chi connectivity index (χ3v) is 4.42. The van der Waals surface area contributed by atoms with Gasteiger partial charge in [0.2, 0.25) is 11.8 Å². The molecule has 2 heterocycles. The number of hydrogen-bond acceptors (Lipinski definition) is 5. The SMILES string of the molecule is Cc1ccsc1-c1nnc(CC(=O)NCCc2ccccc2)o1. The van der Waals surface area contributed by atoms with E-state index >= 15 is 0 Å². The first-order chi connectivity index (χ1) is 11.2. The highest BCUT2D eigenvalue weighted by molar-refractivity contribution is 7.13. The summed E-state index contributed by atoms with van der Waals surface area (Å²) in [5.41, 5.74) is 2.29. The van der Waals surface area contributed by atoms with Crippen LogP contribution >= 0.6 is 11.3 Å². The lowest BCUT2D eigenvalue weighted by molar-refractivity contribution is -0.120. The first-order valence-electron chi connectivity index (χ1n) is 7.40. The summed E-state index contributed by atoms with van der Waals surface area (Å²) in [6.45, 7) is 2.58. The second-order valence-electron chi connectivity index (χ2n) is 5.20. The van der Waals surface area contributed by atoms with Crippen LogP contribution in [0.15, 0.2) is 46.2 Å². The third kappa shape index (κ3) is 4.04. The fourth-order valence-corrected chi connectivity index (χ4v) is 3.04. The summed E-state index contributed by atoms with van der Waals surface area (Å²) in [4.78, 5) is 12.9. The highest BCUT2D eigenvalue weighted by Crippen LogP contribution is 2.27. The normalized spacial score (nSPS) is 10.7. The molecule has 0 spiro atoms. The molecule has 5 nitrogen and oxygen atoms in total. The summed E-state index contributed by atoms with van der Waals surface area (Å²) in [6, 6.07) is 12.0. The molecule has 0 unspecified atom stereocenters. The highest BCUT2D eigenvalue weighted by Gasteiger charge is 2.14. The van der Waals surface area contributed by atoms with Gasteiger partial charge in [0.15, 0.2) is 0 Å². The number of nitrogens with one attached hydrogen (secondary N) is 1. The highest BCUT2D eigenvalue weighted by atomic mass is 32.1. The maximum atomic E-state index is 11.9. The molecule has 1 amide bonds. The van der Waals surface area contributed by atoms with Crippen molar-refractivity contribution >= 4 is 17.2 Å². The number of thiophene rings is 1. The average Bonchev–Trinajstić information content (AvgIpc) is 3.17. The van der Waals surface area contributed by atoms with Gasteiger partial charge in [-0.2, -0.15) is 0 Å². The number of hydrogen-bond donors (Lipinski definition) is 1. The monoisotopic (exact) mass is 327 g/mol. The molecule has 0 aliphatic rings. The fraction of sp³-hybridized carbons (Fsp3) is 0.235. The Bertz CT molecular complexity index is 780. The van der Waals surface area contributed by atoms with Crippen molar-refractivity contribution < 1.29 is 9.21 Å². The minimum atomic E-state index is -0.112. The van der Waals surface area contributed by atoms with E-state index in [1.807, 2.05) is 48.7 Å². The van der Waals surface area contributed by atoms with E-state index in [2.05, 4.69) is 15.5 Å². The largest absolute Gasteiger partial charge is 0.419 e. The number of aryl methyl sites for hydroxylation is 1. The first kappa shape index (κ1) is 15.4. The lowest BCUT2D eigenvalue weighted by Crippen LogP contribution is -2.27. The molecule has 6 heteroatoms. The zero-order valence-corrected chi connectivity index (χ0v) is 13.6. The van der Waals surface area contributed by atoms with Crippen molar-refractivity contribution in [1.82, 2.24) is 15.5 Å². The second kappa shape index (κ2) is 7.19.